The number of urea groups is 1. The number of benzene rings is 1. The Labute approximate surface area is 126 Å². The van der Waals surface area contributed by atoms with Crippen molar-refractivity contribution in [2.75, 3.05) is 12.4 Å². The van der Waals surface area contributed by atoms with Gasteiger partial charge >= 0.3 is 12.0 Å². The number of carbonyl (C=O) groups is 2. The fourth-order valence-electron chi connectivity index (χ4n) is 2.05. The maximum atomic E-state index is 12.1. The Hall–Kier alpha value is -2.04. The maximum absolute atomic E-state index is 12.1. The number of amides is 2. The number of anilines is 1. The van der Waals surface area contributed by atoms with Crippen LogP contribution < -0.4 is 10.6 Å². The van der Waals surface area contributed by atoms with Gasteiger partial charge in [0, 0.05) is 5.69 Å². The molecule has 5 nitrogen and oxygen atoms in total. The van der Waals surface area contributed by atoms with Crippen LogP contribution in [0.3, 0.4) is 0 Å². The van der Waals surface area contributed by atoms with Gasteiger partial charge in [0.1, 0.15) is 6.04 Å². The van der Waals surface area contributed by atoms with E-state index in [1.807, 2.05) is 45.9 Å². The fourth-order valence-corrected chi connectivity index (χ4v) is 2.05. The maximum Gasteiger partial charge on any atom is 0.328 e. The minimum atomic E-state index is -0.647. The number of rotatable bonds is 5. The second-order valence-corrected chi connectivity index (χ2v) is 5.30. The van der Waals surface area contributed by atoms with Crippen molar-refractivity contribution in [1.29, 1.82) is 0 Å². The zero-order valence-electron chi connectivity index (χ0n) is 13.3. The average molecular weight is 292 g/mol. The molecule has 0 aliphatic rings. The monoisotopic (exact) mass is 292 g/mol. The molecule has 0 aliphatic heterocycles. The molecule has 1 unspecified atom stereocenters. The number of hydrogen-bond donors (Lipinski definition) is 2. The van der Waals surface area contributed by atoms with Crippen molar-refractivity contribution in [3.05, 3.63) is 29.3 Å². The van der Waals surface area contributed by atoms with E-state index in [9.17, 15) is 9.59 Å². The summed E-state index contributed by atoms with van der Waals surface area (Å²) in [4.78, 5) is 23.8. The topological polar surface area (TPSA) is 67.4 Å². The van der Waals surface area contributed by atoms with E-state index in [-0.39, 0.29) is 5.92 Å². The third-order valence-corrected chi connectivity index (χ3v) is 3.58. The number of aryl methyl sites for hydroxylation is 2. The normalized spacial score (nSPS) is 13.2. The summed E-state index contributed by atoms with van der Waals surface area (Å²) in [7, 11) is 1.32. The van der Waals surface area contributed by atoms with Crippen molar-refractivity contribution in [3.63, 3.8) is 0 Å². The summed E-state index contributed by atoms with van der Waals surface area (Å²) in [6.07, 6.45) is 0.767. The first kappa shape index (κ1) is 17.0. The first-order valence-electron chi connectivity index (χ1n) is 7.11. The van der Waals surface area contributed by atoms with Crippen LogP contribution in [0.4, 0.5) is 10.5 Å². The number of nitrogens with one attached hydrogen (secondary N) is 2. The highest BCUT2D eigenvalue weighted by atomic mass is 16.5. The number of carbonyl (C=O) groups excluding carboxylic acids is 2. The first-order chi connectivity index (χ1) is 9.88. The molecule has 0 radical (unpaired) electrons. The minimum absolute atomic E-state index is 0.00214. The second-order valence-electron chi connectivity index (χ2n) is 5.30. The van der Waals surface area contributed by atoms with E-state index in [1.54, 1.807) is 0 Å². The van der Waals surface area contributed by atoms with E-state index in [0.29, 0.717) is 0 Å². The lowest BCUT2D eigenvalue weighted by Gasteiger charge is -2.22. The van der Waals surface area contributed by atoms with Crippen LogP contribution in [0.1, 0.15) is 31.4 Å². The Morgan fingerprint density at radius 3 is 2.48 bits per heavy atom. The van der Waals surface area contributed by atoms with Gasteiger partial charge in [-0.1, -0.05) is 38.0 Å². The average Bonchev–Trinajstić information content (AvgIpc) is 2.46. The highest BCUT2D eigenvalue weighted by molar-refractivity contribution is 5.93. The van der Waals surface area contributed by atoms with Gasteiger partial charge in [-0.2, -0.15) is 0 Å². The summed E-state index contributed by atoms with van der Waals surface area (Å²) in [5.41, 5.74) is 2.83. The van der Waals surface area contributed by atoms with Gasteiger partial charge in [-0.05, 0) is 31.4 Å². The summed E-state index contributed by atoms with van der Waals surface area (Å²) in [5.74, 6) is -0.428. The van der Waals surface area contributed by atoms with Crippen LogP contribution >= 0.6 is 0 Å². The van der Waals surface area contributed by atoms with E-state index < -0.39 is 18.0 Å². The van der Waals surface area contributed by atoms with Gasteiger partial charge in [0.15, 0.2) is 0 Å². The highest BCUT2D eigenvalue weighted by Crippen LogP contribution is 2.16. The van der Waals surface area contributed by atoms with Gasteiger partial charge in [0.05, 0.1) is 7.11 Å². The third-order valence-electron chi connectivity index (χ3n) is 3.58. The lowest BCUT2D eigenvalue weighted by Crippen LogP contribution is -2.47. The quantitative estimate of drug-likeness (QED) is 0.820. The van der Waals surface area contributed by atoms with Crippen LogP contribution in [0.2, 0.25) is 0 Å². The third kappa shape index (κ3) is 4.77. The first-order valence-corrected chi connectivity index (χ1v) is 7.11. The van der Waals surface area contributed by atoms with Crippen molar-refractivity contribution >= 4 is 17.7 Å². The Morgan fingerprint density at radius 2 is 1.95 bits per heavy atom. The SMILES string of the molecule is CCC(C)[C@H](NC(=O)Nc1ccc(C)cc1C)C(=O)OC. The van der Waals surface area contributed by atoms with Crippen molar-refractivity contribution in [1.82, 2.24) is 5.32 Å². The number of hydrogen-bond acceptors (Lipinski definition) is 3. The van der Waals surface area contributed by atoms with Crippen molar-refractivity contribution in [2.45, 2.75) is 40.2 Å². The Morgan fingerprint density at radius 1 is 1.29 bits per heavy atom. The molecule has 0 fully saturated rings. The molecule has 0 spiro atoms. The van der Waals surface area contributed by atoms with Gasteiger partial charge in [0.25, 0.3) is 0 Å². The van der Waals surface area contributed by atoms with Gasteiger partial charge in [-0.3, -0.25) is 0 Å². The Kier molecular flexibility index (Phi) is 6.21. The summed E-state index contributed by atoms with van der Waals surface area (Å²) >= 11 is 0. The Balaban J connectivity index is 2.76. The van der Waals surface area contributed by atoms with Crippen LogP contribution in [-0.4, -0.2) is 25.2 Å². The molecular weight excluding hydrogens is 268 g/mol. The number of methoxy groups -OCH3 is 1. The van der Waals surface area contributed by atoms with Crippen LogP contribution in [0, 0.1) is 19.8 Å². The van der Waals surface area contributed by atoms with Crippen LogP contribution in [0.25, 0.3) is 0 Å². The molecule has 2 N–H and O–H groups in total. The minimum Gasteiger partial charge on any atom is -0.467 e. The van der Waals surface area contributed by atoms with Crippen molar-refractivity contribution in [2.24, 2.45) is 5.92 Å². The second kappa shape index (κ2) is 7.67. The molecule has 0 aliphatic carbocycles. The molecule has 0 saturated heterocycles. The molecule has 1 rings (SSSR count). The standard InChI is InChI=1S/C16H24N2O3/c1-6-11(3)14(15(19)21-5)18-16(20)17-13-8-7-10(2)9-12(13)4/h7-9,11,14H,6H2,1-5H3,(H2,17,18,20)/t11?,14-/m0/s1. The molecule has 5 heteroatoms. The van der Waals surface area contributed by atoms with Gasteiger partial charge in [-0.25, -0.2) is 9.59 Å². The predicted molar refractivity (Wildman–Crippen MR) is 83.3 cm³/mol. The van der Waals surface area contributed by atoms with Gasteiger partial charge in [0.2, 0.25) is 0 Å². The number of ether oxygens (including phenoxy) is 1. The number of esters is 1. The molecule has 21 heavy (non-hydrogen) atoms. The molecule has 0 saturated carbocycles. The predicted octanol–water partition coefficient (Wildman–Crippen LogP) is 3.01. The van der Waals surface area contributed by atoms with E-state index in [2.05, 4.69) is 10.6 Å². The van der Waals surface area contributed by atoms with Crippen molar-refractivity contribution < 1.29 is 14.3 Å². The highest BCUT2D eigenvalue weighted by Gasteiger charge is 2.26. The van der Waals surface area contributed by atoms with E-state index in [4.69, 9.17) is 4.74 Å². The molecule has 116 valence electrons. The van der Waals surface area contributed by atoms with Crippen molar-refractivity contribution in [3.8, 4) is 0 Å². The molecule has 0 heterocycles. The van der Waals surface area contributed by atoms with E-state index >= 15 is 0 Å². The lowest BCUT2D eigenvalue weighted by atomic mass is 9.99. The smallest absolute Gasteiger partial charge is 0.328 e. The Bertz CT molecular complexity index is 514. The largest absolute Gasteiger partial charge is 0.467 e. The summed E-state index contributed by atoms with van der Waals surface area (Å²) in [6, 6.07) is 4.71. The molecule has 1 aromatic rings. The zero-order valence-corrected chi connectivity index (χ0v) is 13.3. The zero-order chi connectivity index (χ0) is 16.0. The van der Waals surface area contributed by atoms with E-state index in [0.717, 1.165) is 23.2 Å². The molecule has 2 amide bonds. The summed E-state index contributed by atoms with van der Waals surface area (Å²) < 4.78 is 4.74. The molecule has 0 bridgehead atoms. The van der Waals surface area contributed by atoms with Gasteiger partial charge in [-0.15, -0.1) is 0 Å². The molecule has 2 atom stereocenters. The molecular formula is C16H24N2O3. The van der Waals surface area contributed by atoms with Crippen LogP contribution in [0.15, 0.2) is 18.2 Å². The molecule has 0 aromatic heterocycles. The van der Waals surface area contributed by atoms with Crippen LogP contribution in [0.5, 0.6) is 0 Å². The summed E-state index contributed by atoms with van der Waals surface area (Å²) in [5, 5.41) is 5.45. The lowest BCUT2D eigenvalue weighted by molar-refractivity contribution is -0.144. The fraction of sp³-hybridized carbons (Fsp3) is 0.500. The molecule has 1 aromatic carbocycles. The summed E-state index contributed by atoms with van der Waals surface area (Å²) in [6.45, 7) is 7.78. The van der Waals surface area contributed by atoms with Gasteiger partial charge < -0.3 is 15.4 Å². The van der Waals surface area contributed by atoms with Crippen LogP contribution in [-0.2, 0) is 9.53 Å². The van der Waals surface area contributed by atoms with E-state index in [1.165, 1.54) is 7.11 Å².